The van der Waals surface area contributed by atoms with Crippen molar-refractivity contribution in [2.24, 2.45) is 0 Å². The number of para-hydroxylation sites is 1. The summed E-state index contributed by atoms with van der Waals surface area (Å²) in [5.41, 5.74) is 3.39. The highest BCUT2D eigenvalue weighted by Crippen LogP contribution is 2.56. The molecule has 2 aliphatic rings. The van der Waals surface area contributed by atoms with Crippen LogP contribution in [-0.2, 0) is 5.41 Å². The highest BCUT2D eigenvalue weighted by Gasteiger charge is 2.48. The molecule has 1 heterocycles. The minimum Gasteiger partial charge on any atom is -0.493 e. The van der Waals surface area contributed by atoms with Crippen LogP contribution in [0.25, 0.3) is 0 Å². The molecule has 0 atom stereocenters. The Kier molecular flexibility index (Phi) is 1.86. The maximum Gasteiger partial charge on any atom is 0.126 e. The Morgan fingerprint density at radius 3 is 2.67 bits per heavy atom. The fourth-order valence-electron chi connectivity index (χ4n) is 2.74. The Labute approximate surface area is 91.5 Å². The van der Waals surface area contributed by atoms with Crippen LogP contribution >= 0.6 is 0 Å². The fourth-order valence-corrected chi connectivity index (χ4v) is 2.74. The van der Waals surface area contributed by atoms with Gasteiger partial charge in [-0.1, -0.05) is 32.0 Å². The molecule has 1 spiro atoms. The summed E-state index contributed by atoms with van der Waals surface area (Å²) in [5, 5.41) is 0. The van der Waals surface area contributed by atoms with Gasteiger partial charge in [0.05, 0.1) is 6.61 Å². The first kappa shape index (κ1) is 9.26. The van der Waals surface area contributed by atoms with Crippen molar-refractivity contribution in [1.82, 2.24) is 0 Å². The Morgan fingerprint density at radius 1 is 1.20 bits per heavy atom. The van der Waals surface area contributed by atoms with E-state index in [0.29, 0.717) is 11.3 Å². The first-order valence-corrected chi connectivity index (χ1v) is 5.99. The van der Waals surface area contributed by atoms with Crippen LogP contribution < -0.4 is 4.74 Å². The molecular weight excluding hydrogens is 184 g/mol. The van der Waals surface area contributed by atoms with Gasteiger partial charge in [-0.25, -0.2) is 0 Å². The second-order valence-electron chi connectivity index (χ2n) is 5.26. The van der Waals surface area contributed by atoms with Crippen LogP contribution in [0.2, 0.25) is 0 Å². The number of hydrogen-bond donors (Lipinski definition) is 0. The van der Waals surface area contributed by atoms with E-state index in [1.807, 2.05) is 0 Å². The lowest BCUT2D eigenvalue weighted by molar-refractivity contribution is 0.257. The number of rotatable bonds is 1. The number of hydrogen-bond acceptors (Lipinski definition) is 1. The van der Waals surface area contributed by atoms with Crippen LogP contribution in [-0.4, -0.2) is 6.61 Å². The molecule has 0 aromatic heterocycles. The fraction of sp³-hybridized carbons (Fsp3) is 0.571. The maximum atomic E-state index is 5.89. The molecule has 0 amide bonds. The SMILES string of the molecule is CC(C)c1cccc2c1OCCC21CC1. The minimum atomic E-state index is 0.512. The van der Waals surface area contributed by atoms with Gasteiger partial charge in [-0.2, -0.15) is 0 Å². The third-order valence-electron chi connectivity index (χ3n) is 3.92. The predicted octanol–water partition coefficient (Wildman–Crippen LogP) is 3.62. The zero-order valence-corrected chi connectivity index (χ0v) is 9.55. The highest BCUT2D eigenvalue weighted by atomic mass is 16.5. The second kappa shape index (κ2) is 3.01. The number of benzene rings is 1. The molecule has 1 fully saturated rings. The van der Waals surface area contributed by atoms with Crippen molar-refractivity contribution in [2.75, 3.05) is 6.61 Å². The summed E-state index contributed by atoms with van der Waals surface area (Å²) in [5.74, 6) is 1.77. The zero-order chi connectivity index (χ0) is 10.5. The van der Waals surface area contributed by atoms with Gasteiger partial charge in [-0.3, -0.25) is 0 Å². The van der Waals surface area contributed by atoms with Gasteiger partial charge in [0, 0.05) is 11.0 Å². The molecule has 1 aromatic carbocycles. The highest BCUT2D eigenvalue weighted by molar-refractivity contribution is 5.50. The van der Waals surface area contributed by atoms with E-state index < -0.39 is 0 Å². The lowest BCUT2D eigenvalue weighted by Crippen LogP contribution is -2.20. The smallest absolute Gasteiger partial charge is 0.126 e. The quantitative estimate of drug-likeness (QED) is 0.675. The van der Waals surface area contributed by atoms with E-state index in [4.69, 9.17) is 4.74 Å². The van der Waals surface area contributed by atoms with Gasteiger partial charge in [0.25, 0.3) is 0 Å². The van der Waals surface area contributed by atoms with Crippen molar-refractivity contribution < 1.29 is 4.74 Å². The molecule has 80 valence electrons. The van der Waals surface area contributed by atoms with Gasteiger partial charge in [-0.05, 0) is 30.7 Å². The van der Waals surface area contributed by atoms with E-state index in [2.05, 4.69) is 32.0 Å². The third-order valence-corrected chi connectivity index (χ3v) is 3.92. The van der Waals surface area contributed by atoms with Crippen molar-refractivity contribution in [1.29, 1.82) is 0 Å². The first-order chi connectivity index (χ1) is 7.23. The largest absolute Gasteiger partial charge is 0.493 e. The molecule has 3 rings (SSSR count). The van der Waals surface area contributed by atoms with E-state index in [-0.39, 0.29) is 0 Å². The van der Waals surface area contributed by atoms with Crippen LogP contribution in [0.1, 0.15) is 50.2 Å². The molecular formula is C14H18O. The summed E-state index contributed by atoms with van der Waals surface area (Å²) in [7, 11) is 0. The summed E-state index contributed by atoms with van der Waals surface area (Å²) >= 11 is 0. The van der Waals surface area contributed by atoms with Gasteiger partial charge in [0.2, 0.25) is 0 Å². The van der Waals surface area contributed by atoms with Crippen LogP contribution in [0.15, 0.2) is 18.2 Å². The van der Waals surface area contributed by atoms with Crippen molar-refractivity contribution in [2.45, 2.75) is 44.4 Å². The van der Waals surface area contributed by atoms with E-state index in [0.717, 1.165) is 6.61 Å². The van der Waals surface area contributed by atoms with Crippen molar-refractivity contribution in [3.05, 3.63) is 29.3 Å². The molecule has 1 saturated carbocycles. The van der Waals surface area contributed by atoms with Gasteiger partial charge >= 0.3 is 0 Å². The lowest BCUT2D eigenvalue weighted by atomic mass is 9.86. The molecule has 1 nitrogen and oxygen atoms in total. The van der Waals surface area contributed by atoms with Crippen molar-refractivity contribution in [3.8, 4) is 5.75 Å². The minimum absolute atomic E-state index is 0.512. The number of ether oxygens (including phenoxy) is 1. The molecule has 0 radical (unpaired) electrons. The van der Waals surface area contributed by atoms with Crippen LogP contribution in [0.4, 0.5) is 0 Å². The van der Waals surface area contributed by atoms with Gasteiger partial charge in [0.15, 0.2) is 0 Å². The van der Waals surface area contributed by atoms with E-state index in [1.165, 1.54) is 36.1 Å². The Hall–Kier alpha value is -0.980. The molecule has 1 aliphatic heterocycles. The average Bonchev–Trinajstić information content (AvgIpc) is 2.98. The Balaban J connectivity index is 2.14. The maximum absolute atomic E-state index is 5.89. The Bertz CT molecular complexity index is 388. The monoisotopic (exact) mass is 202 g/mol. The van der Waals surface area contributed by atoms with Gasteiger partial charge in [-0.15, -0.1) is 0 Å². The summed E-state index contributed by atoms with van der Waals surface area (Å²) < 4.78 is 5.89. The van der Waals surface area contributed by atoms with Gasteiger partial charge < -0.3 is 4.74 Å². The summed E-state index contributed by atoms with van der Waals surface area (Å²) in [6.45, 7) is 5.40. The molecule has 1 heteroatoms. The Morgan fingerprint density at radius 2 is 2.00 bits per heavy atom. The molecule has 0 saturated heterocycles. The number of fused-ring (bicyclic) bond motifs is 2. The van der Waals surface area contributed by atoms with E-state index in [1.54, 1.807) is 0 Å². The van der Waals surface area contributed by atoms with Gasteiger partial charge in [0.1, 0.15) is 5.75 Å². The summed E-state index contributed by atoms with van der Waals surface area (Å²) in [6.07, 6.45) is 3.96. The molecule has 0 N–H and O–H groups in total. The third kappa shape index (κ3) is 1.29. The van der Waals surface area contributed by atoms with Crippen LogP contribution in [0.3, 0.4) is 0 Å². The normalized spacial score (nSPS) is 21.3. The summed E-state index contributed by atoms with van der Waals surface area (Å²) in [6, 6.07) is 6.68. The van der Waals surface area contributed by atoms with Crippen LogP contribution in [0, 0.1) is 0 Å². The molecule has 1 aromatic rings. The van der Waals surface area contributed by atoms with Crippen LogP contribution in [0.5, 0.6) is 5.75 Å². The molecule has 0 bridgehead atoms. The predicted molar refractivity (Wildman–Crippen MR) is 61.6 cm³/mol. The van der Waals surface area contributed by atoms with Crippen molar-refractivity contribution in [3.63, 3.8) is 0 Å². The van der Waals surface area contributed by atoms with Crippen molar-refractivity contribution >= 4 is 0 Å². The lowest BCUT2D eigenvalue weighted by Gasteiger charge is -2.28. The first-order valence-electron chi connectivity index (χ1n) is 5.99. The zero-order valence-electron chi connectivity index (χ0n) is 9.55. The van der Waals surface area contributed by atoms with E-state index in [9.17, 15) is 0 Å². The second-order valence-corrected chi connectivity index (χ2v) is 5.26. The average molecular weight is 202 g/mol. The van der Waals surface area contributed by atoms with E-state index >= 15 is 0 Å². The molecule has 15 heavy (non-hydrogen) atoms. The standard InChI is InChI=1S/C14H18O/c1-10(2)11-4-3-5-12-13(11)15-9-8-14(12)6-7-14/h3-5,10H,6-9H2,1-2H3. The topological polar surface area (TPSA) is 9.23 Å². The molecule has 0 unspecified atom stereocenters. The summed E-state index contributed by atoms with van der Waals surface area (Å²) in [4.78, 5) is 0. The molecule has 1 aliphatic carbocycles.